The second kappa shape index (κ2) is 6.78. The Labute approximate surface area is 128 Å². The Bertz CT molecular complexity index is 627. The Morgan fingerprint density at radius 1 is 0.955 bits per heavy atom. The molecule has 0 bridgehead atoms. The molecule has 2 aromatic rings. The zero-order chi connectivity index (χ0) is 16.1. The summed E-state index contributed by atoms with van der Waals surface area (Å²) in [7, 11) is 0. The molecule has 5 nitrogen and oxygen atoms in total. The molecule has 22 heavy (non-hydrogen) atoms. The third kappa shape index (κ3) is 3.86. The summed E-state index contributed by atoms with van der Waals surface area (Å²) in [4.78, 5) is 10.9. The molecule has 0 aliphatic heterocycles. The summed E-state index contributed by atoms with van der Waals surface area (Å²) in [6.07, 6.45) is 1.92. The minimum atomic E-state index is -1.06. The number of rotatable bonds is 5. The summed E-state index contributed by atoms with van der Waals surface area (Å²) in [5, 5.41) is 27.7. The van der Waals surface area contributed by atoms with E-state index in [0.29, 0.717) is 0 Å². The molecule has 2 aromatic carbocycles. The van der Waals surface area contributed by atoms with Gasteiger partial charge in [-0.2, -0.15) is 0 Å². The minimum absolute atomic E-state index is 0.149. The number of carboxylic acids is 1. The highest BCUT2D eigenvalue weighted by Crippen LogP contribution is 2.27. The van der Waals surface area contributed by atoms with Crippen LogP contribution in [0, 0.1) is 0 Å². The molecule has 0 aliphatic carbocycles. The lowest BCUT2D eigenvalue weighted by Gasteiger charge is -2.11. The topological polar surface area (TPSA) is 104 Å². The summed E-state index contributed by atoms with van der Waals surface area (Å²) < 4.78 is 0. The standard InChI is InChI=1S/C17H17NO4/c18-16(17(21)22)10-9-15(11-1-5-13(19)6-2-11)12-3-7-14(20)8-4-12/h1-9,16,19-20H,10,18H2,(H,21,22)/t16-/m1/s1. The summed E-state index contributed by atoms with van der Waals surface area (Å²) >= 11 is 0. The van der Waals surface area contributed by atoms with Crippen molar-refractivity contribution >= 4 is 11.5 Å². The van der Waals surface area contributed by atoms with E-state index in [1.165, 1.54) is 0 Å². The van der Waals surface area contributed by atoms with Crippen LogP contribution < -0.4 is 5.73 Å². The van der Waals surface area contributed by atoms with Crippen LogP contribution in [0.2, 0.25) is 0 Å². The highest BCUT2D eigenvalue weighted by atomic mass is 16.4. The predicted octanol–water partition coefficient (Wildman–Crippen LogP) is 2.33. The molecule has 0 radical (unpaired) electrons. The average molecular weight is 299 g/mol. The first kappa shape index (κ1) is 15.6. The Morgan fingerprint density at radius 2 is 1.36 bits per heavy atom. The first-order valence-electron chi connectivity index (χ1n) is 6.74. The minimum Gasteiger partial charge on any atom is -0.508 e. The van der Waals surface area contributed by atoms with Crippen LogP contribution in [0.3, 0.4) is 0 Å². The molecule has 0 saturated heterocycles. The Hall–Kier alpha value is -2.79. The molecule has 5 N–H and O–H groups in total. The molecule has 1 atom stereocenters. The van der Waals surface area contributed by atoms with E-state index in [9.17, 15) is 15.0 Å². The lowest BCUT2D eigenvalue weighted by Crippen LogP contribution is -2.29. The molecule has 114 valence electrons. The van der Waals surface area contributed by atoms with Crippen molar-refractivity contribution in [2.24, 2.45) is 5.73 Å². The summed E-state index contributed by atoms with van der Waals surface area (Å²) in [6, 6.07) is 12.2. The normalized spacial score (nSPS) is 11.7. The molecular formula is C17H17NO4. The average Bonchev–Trinajstić information content (AvgIpc) is 2.50. The van der Waals surface area contributed by atoms with Crippen molar-refractivity contribution in [3.63, 3.8) is 0 Å². The largest absolute Gasteiger partial charge is 0.508 e. The Morgan fingerprint density at radius 3 is 1.73 bits per heavy atom. The number of benzene rings is 2. The van der Waals surface area contributed by atoms with E-state index in [1.807, 2.05) is 0 Å². The summed E-state index contributed by atoms with van der Waals surface area (Å²) in [5.74, 6) is -0.765. The van der Waals surface area contributed by atoms with Gasteiger partial charge in [0, 0.05) is 0 Å². The summed E-state index contributed by atoms with van der Waals surface area (Å²) in [6.45, 7) is 0. The fourth-order valence-corrected chi connectivity index (χ4v) is 2.03. The Kier molecular flexibility index (Phi) is 4.80. The zero-order valence-corrected chi connectivity index (χ0v) is 11.8. The third-order valence-electron chi connectivity index (χ3n) is 3.25. The van der Waals surface area contributed by atoms with Crippen molar-refractivity contribution in [3.05, 3.63) is 65.7 Å². The molecule has 0 amide bonds. The number of aliphatic carboxylic acids is 1. The van der Waals surface area contributed by atoms with Gasteiger partial charge in [-0.25, -0.2) is 0 Å². The van der Waals surface area contributed by atoms with Crippen LogP contribution in [-0.2, 0) is 4.79 Å². The van der Waals surface area contributed by atoms with Crippen molar-refractivity contribution in [1.82, 2.24) is 0 Å². The van der Waals surface area contributed by atoms with Crippen LogP contribution >= 0.6 is 0 Å². The van der Waals surface area contributed by atoms with Gasteiger partial charge in [-0.1, -0.05) is 30.3 Å². The van der Waals surface area contributed by atoms with E-state index < -0.39 is 12.0 Å². The summed E-state index contributed by atoms with van der Waals surface area (Å²) in [5.41, 5.74) is 7.97. The number of nitrogens with two attached hydrogens (primary N) is 1. The van der Waals surface area contributed by atoms with Crippen molar-refractivity contribution in [3.8, 4) is 11.5 Å². The number of carboxylic acid groups (broad SMARTS) is 1. The number of carbonyl (C=O) groups is 1. The number of hydrogen-bond acceptors (Lipinski definition) is 4. The molecule has 2 rings (SSSR count). The van der Waals surface area contributed by atoms with Crippen LogP contribution in [0.25, 0.3) is 5.57 Å². The second-order valence-corrected chi connectivity index (χ2v) is 4.89. The third-order valence-corrected chi connectivity index (χ3v) is 3.25. The van der Waals surface area contributed by atoms with E-state index in [0.717, 1.165) is 16.7 Å². The van der Waals surface area contributed by atoms with Crippen LogP contribution in [-0.4, -0.2) is 27.3 Å². The number of phenolic OH excluding ortho intramolecular Hbond substituents is 2. The van der Waals surface area contributed by atoms with Crippen molar-refractivity contribution in [2.75, 3.05) is 0 Å². The first-order valence-corrected chi connectivity index (χ1v) is 6.74. The lowest BCUT2D eigenvalue weighted by atomic mass is 9.96. The molecule has 0 fully saturated rings. The van der Waals surface area contributed by atoms with Gasteiger partial charge in [-0.15, -0.1) is 0 Å². The number of hydrogen-bond donors (Lipinski definition) is 4. The monoisotopic (exact) mass is 299 g/mol. The molecule has 0 heterocycles. The maximum atomic E-state index is 10.9. The maximum absolute atomic E-state index is 10.9. The van der Waals surface area contributed by atoms with Crippen LogP contribution in [0.15, 0.2) is 54.6 Å². The van der Waals surface area contributed by atoms with E-state index in [-0.39, 0.29) is 17.9 Å². The number of phenols is 2. The van der Waals surface area contributed by atoms with E-state index in [4.69, 9.17) is 10.8 Å². The van der Waals surface area contributed by atoms with E-state index >= 15 is 0 Å². The molecule has 0 unspecified atom stereocenters. The van der Waals surface area contributed by atoms with Gasteiger partial charge < -0.3 is 21.1 Å². The van der Waals surface area contributed by atoms with Gasteiger partial charge in [0.05, 0.1) is 0 Å². The van der Waals surface area contributed by atoms with Gasteiger partial charge >= 0.3 is 5.97 Å². The molecule has 0 aliphatic rings. The fourth-order valence-electron chi connectivity index (χ4n) is 2.03. The van der Waals surface area contributed by atoms with Gasteiger partial charge in [-0.05, 0) is 47.4 Å². The molecular weight excluding hydrogens is 282 g/mol. The van der Waals surface area contributed by atoms with Gasteiger partial charge in [0.25, 0.3) is 0 Å². The van der Waals surface area contributed by atoms with E-state index in [2.05, 4.69) is 0 Å². The van der Waals surface area contributed by atoms with Crippen LogP contribution in [0.5, 0.6) is 11.5 Å². The van der Waals surface area contributed by atoms with Crippen molar-refractivity contribution < 1.29 is 20.1 Å². The van der Waals surface area contributed by atoms with Crippen molar-refractivity contribution in [2.45, 2.75) is 12.5 Å². The van der Waals surface area contributed by atoms with Crippen LogP contribution in [0.1, 0.15) is 17.5 Å². The molecule has 0 saturated carbocycles. The van der Waals surface area contributed by atoms with E-state index in [1.54, 1.807) is 54.6 Å². The second-order valence-electron chi connectivity index (χ2n) is 4.89. The predicted molar refractivity (Wildman–Crippen MR) is 83.5 cm³/mol. The van der Waals surface area contributed by atoms with Gasteiger partial charge in [-0.3, -0.25) is 4.79 Å². The smallest absolute Gasteiger partial charge is 0.320 e. The van der Waals surface area contributed by atoms with Gasteiger partial charge in [0.1, 0.15) is 17.5 Å². The van der Waals surface area contributed by atoms with Gasteiger partial charge in [0.15, 0.2) is 0 Å². The zero-order valence-electron chi connectivity index (χ0n) is 11.8. The number of aromatic hydroxyl groups is 2. The Balaban J connectivity index is 2.39. The fraction of sp³-hybridized carbons (Fsp3) is 0.118. The quantitative estimate of drug-likeness (QED) is 0.678. The van der Waals surface area contributed by atoms with Crippen molar-refractivity contribution in [1.29, 1.82) is 0 Å². The van der Waals surface area contributed by atoms with Gasteiger partial charge in [0.2, 0.25) is 0 Å². The van der Waals surface area contributed by atoms with Crippen LogP contribution in [0.4, 0.5) is 0 Å². The molecule has 5 heteroatoms. The lowest BCUT2D eigenvalue weighted by molar-refractivity contribution is -0.138. The maximum Gasteiger partial charge on any atom is 0.320 e. The first-order chi connectivity index (χ1) is 10.5. The highest BCUT2D eigenvalue weighted by Gasteiger charge is 2.11. The molecule has 0 aromatic heterocycles. The molecule has 0 spiro atoms. The highest BCUT2D eigenvalue weighted by molar-refractivity contribution is 5.81. The SMILES string of the molecule is N[C@H](CC=C(c1ccc(O)cc1)c1ccc(O)cc1)C(=O)O.